The number of alkyl halides is 1. The minimum atomic E-state index is -0.986. The van der Waals surface area contributed by atoms with Crippen LogP contribution < -0.4 is 10.6 Å². The maximum Gasteiger partial charge on any atom is 0.326 e. The number of rotatable bonds is 3. The highest BCUT2D eigenvalue weighted by atomic mass is 19.1. The average Bonchev–Trinajstić information content (AvgIpc) is 3.53. The lowest BCUT2D eigenvalue weighted by Crippen LogP contribution is -2.37. The van der Waals surface area contributed by atoms with Crippen LogP contribution >= 0.6 is 0 Å². The van der Waals surface area contributed by atoms with Crippen molar-refractivity contribution in [1.82, 2.24) is 34.0 Å². The lowest BCUT2D eigenvalue weighted by atomic mass is 10.0. The number of aromatic nitrogens is 6. The standard InChI is InChI=1S/C23H25FN8O2/c1-29-19-18(28-21(29)22(33)31-9-6-14(24)12-31)20(26-13-25-19)30-10-7-15(8-11-30)32-17-5-3-2-4-16(17)27-23(32)34/h2-5,13-15H,6-12H2,1H3,(H,27,34)/t14-/m0/s1. The molecule has 11 heteroatoms. The molecule has 0 bridgehead atoms. The van der Waals surface area contributed by atoms with E-state index < -0.39 is 6.17 Å². The summed E-state index contributed by atoms with van der Waals surface area (Å²) in [7, 11) is 1.75. The van der Waals surface area contributed by atoms with E-state index in [1.165, 1.54) is 11.2 Å². The summed E-state index contributed by atoms with van der Waals surface area (Å²) >= 11 is 0. The molecule has 0 radical (unpaired) electrons. The first kappa shape index (κ1) is 20.8. The second-order valence-electron chi connectivity index (χ2n) is 9.04. The predicted molar refractivity (Wildman–Crippen MR) is 125 cm³/mol. The molecule has 2 fully saturated rings. The van der Waals surface area contributed by atoms with Gasteiger partial charge in [-0.25, -0.2) is 24.1 Å². The first-order valence-electron chi connectivity index (χ1n) is 11.6. The Hall–Kier alpha value is -3.76. The van der Waals surface area contributed by atoms with Crippen LogP contribution in [0.3, 0.4) is 0 Å². The van der Waals surface area contributed by atoms with Gasteiger partial charge in [0.1, 0.15) is 12.5 Å². The molecule has 1 N–H and O–H groups in total. The Balaban J connectivity index is 1.27. The molecule has 0 saturated carbocycles. The number of nitrogens with one attached hydrogen (secondary N) is 1. The Morgan fingerprint density at radius 3 is 2.68 bits per heavy atom. The van der Waals surface area contributed by atoms with Crippen molar-refractivity contribution in [2.45, 2.75) is 31.5 Å². The third-order valence-electron chi connectivity index (χ3n) is 7.00. The fraction of sp³-hybridized carbons (Fsp3) is 0.435. The van der Waals surface area contributed by atoms with Gasteiger partial charge in [-0.2, -0.15) is 0 Å². The molecule has 10 nitrogen and oxygen atoms in total. The largest absolute Gasteiger partial charge is 0.355 e. The Bertz CT molecular complexity index is 1450. The predicted octanol–water partition coefficient (Wildman–Crippen LogP) is 2.03. The van der Waals surface area contributed by atoms with Crippen LogP contribution in [0, 0.1) is 0 Å². The normalized spacial score (nSPS) is 19.5. The van der Waals surface area contributed by atoms with Crippen molar-refractivity contribution in [2.24, 2.45) is 7.05 Å². The Morgan fingerprint density at radius 2 is 1.91 bits per heavy atom. The maximum atomic E-state index is 13.6. The minimum Gasteiger partial charge on any atom is -0.355 e. The van der Waals surface area contributed by atoms with Gasteiger partial charge < -0.3 is 19.4 Å². The first-order chi connectivity index (χ1) is 16.5. The van der Waals surface area contributed by atoms with Gasteiger partial charge in [0.25, 0.3) is 5.91 Å². The van der Waals surface area contributed by atoms with Crippen LogP contribution in [0.15, 0.2) is 35.4 Å². The van der Waals surface area contributed by atoms with Gasteiger partial charge in [0.2, 0.25) is 5.82 Å². The molecule has 34 heavy (non-hydrogen) atoms. The van der Waals surface area contributed by atoms with Gasteiger partial charge in [-0.1, -0.05) is 12.1 Å². The van der Waals surface area contributed by atoms with Crippen LogP contribution in [0.1, 0.15) is 35.9 Å². The summed E-state index contributed by atoms with van der Waals surface area (Å²) in [6.07, 6.45) is 2.40. The number of hydrogen-bond donors (Lipinski definition) is 1. The molecule has 4 aromatic rings. The van der Waals surface area contributed by atoms with E-state index >= 15 is 0 Å². The topological polar surface area (TPSA) is 105 Å². The molecular weight excluding hydrogens is 439 g/mol. The van der Waals surface area contributed by atoms with Crippen molar-refractivity contribution in [2.75, 3.05) is 31.1 Å². The van der Waals surface area contributed by atoms with E-state index in [2.05, 4.69) is 24.8 Å². The third kappa shape index (κ3) is 3.25. The Kier molecular flexibility index (Phi) is 4.85. The van der Waals surface area contributed by atoms with E-state index in [0.717, 1.165) is 23.9 Å². The van der Waals surface area contributed by atoms with E-state index in [-0.39, 0.29) is 30.0 Å². The van der Waals surface area contributed by atoms with Gasteiger partial charge in [0, 0.05) is 32.7 Å². The molecule has 6 rings (SSSR count). The van der Waals surface area contributed by atoms with Crippen LogP contribution in [0.2, 0.25) is 0 Å². The van der Waals surface area contributed by atoms with Crippen molar-refractivity contribution in [1.29, 1.82) is 0 Å². The van der Waals surface area contributed by atoms with E-state index in [0.29, 0.717) is 43.0 Å². The molecule has 2 aliphatic rings. The zero-order valence-corrected chi connectivity index (χ0v) is 18.8. The fourth-order valence-electron chi connectivity index (χ4n) is 5.23. The molecule has 0 unspecified atom stereocenters. The highest BCUT2D eigenvalue weighted by molar-refractivity contribution is 5.96. The highest BCUT2D eigenvalue weighted by Gasteiger charge is 2.31. The number of para-hydroxylation sites is 2. The Morgan fingerprint density at radius 1 is 1.12 bits per heavy atom. The highest BCUT2D eigenvalue weighted by Crippen LogP contribution is 2.30. The second-order valence-corrected chi connectivity index (χ2v) is 9.04. The number of likely N-dealkylation sites (tertiary alicyclic amines) is 1. The number of aromatic amines is 1. The first-order valence-corrected chi connectivity index (χ1v) is 11.6. The van der Waals surface area contributed by atoms with Crippen molar-refractivity contribution in [3.63, 3.8) is 0 Å². The van der Waals surface area contributed by atoms with E-state index in [1.807, 2.05) is 28.8 Å². The number of aryl methyl sites for hydroxylation is 1. The smallest absolute Gasteiger partial charge is 0.326 e. The molecule has 1 atom stereocenters. The molecule has 0 spiro atoms. The van der Waals surface area contributed by atoms with Crippen LogP contribution in [0.25, 0.3) is 22.2 Å². The van der Waals surface area contributed by atoms with Crippen LogP contribution in [0.4, 0.5) is 10.2 Å². The molecule has 1 aromatic carbocycles. The van der Waals surface area contributed by atoms with E-state index in [4.69, 9.17) is 0 Å². The van der Waals surface area contributed by atoms with E-state index in [9.17, 15) is 14.0 Å². The monoisotopic (exact) mass is 464 g/mol. The van der Waals surface area contributed by atoms with Crippen LogP contribution in [0.5, 0.6) is 0 Å². The summed E-state index contributed by atoms with van der Waals surface area (Å²) in [4.78, 5) is 45.6. The van der Waals surface area contributed by atoms with E-state index in [1.54, 1.807) is 11.6 Å². The molecular formula is C23H25FN8O2. The molecule has 0 aliphatic carbocycles. The zero-order chi connectivity index (χ0) is 23.4. The van der Waals surface area contributed by atoms with Crippen molar-refractivity contribution >= 4 is 33.9 Å². The number of carbonyl (C=O) groups is 1. The number of hydrogen-bond acceptors (Lipinski definition) is 6. The third-order valence-corrected chi connectivity index (χ3v) is 7.00. The van der Waals surface area contributed by atoms with Crippen molar-refractivity contribution in [3.8, 4) is 0 Å². The molecule has 2 saturated heterocycles. The number of benzene rings is 1. The number of piperidine rings is 1. The zero-order valence-electron chi connectivity index (χ0n) is 18.8. The number of imidazole rings is 2. The summed E-state index contributed by atoms with van der Waals surface area (Å²) in [6.45, 7) is 1.88. The summed E-state index contributed by atoms with van der Waals surface area (Å²) in [5, 5.41) is 0. The van der Waals surface area contributed by atoms with Crippen molar-refractivity contribution < 1.29 is 9.18 Å². The Labute approximate surface area is 194 Å². The van der Waals surface area contributed by atoms with Gasteiger partial charge in [0.15, 0.2) is 17.0 Å². The van der Waals surface area contributed by atoms with Gasteiger partial charge >= 0.3 is 5.69 Å². The maximum absolute atomic E-state index is 13.6. The van der Waals surface area contributed by atoms with Gasteiger partial charge in [-0.3, -0.25) is 9.36 Å². The van der Waals surface area contributed by atoms with Gasteiger partial charge in [-0.05, 0) is 31.4 Å². The molecule has 1 amide bonds. The lowest BCUT2D eigenvalue weighted by molar-refractivity contribution is 0.0767. The number of nitrogens with zero attached hydrogens (tertiary/aromatic N) is 7. The van der Waals surface area contributed by atoms with Gasteiger partial charge in [-0.15, -0.1) is 0 Å². The van der Waals surface area contributed by atoms with Crippen LogP contribution in [-0.2, 0) is 7.05 Å². The number of fused-ring (bicyclic) bond motifs is 2. The number of carbonyl (C=O) groups excluding carboxylic acids is 1. The summed E-state index contributed by atoms with van der Waals surface area (Å²) in [5.41, 5.74) is 2.80. The number of halogens is 1. The summed E-state index contributed by atoms with van der Waals surface area (Å²) in [5.74, 6) is 0.629. The van der Waals surface area contributed by atoms with Crippen molar-refractivity contribution in [3.05, 3.63) is 46.9 Å². The quantitative estimate of drug-likeness (QED) is 0.498. The SMILES string of the molecule is Cn1c(C(=O)N2CC[C@H](F)C2)nc2c(N3CCC(n4c(=O)[nH]c5ccccc54)CC3)ncnc21. The van der Waals surface area contributed by atoms with Crippen LogP contribution in [-0.4, -0.2) is 72.2 Å². The molecule has 5 heterocycles. The molecule has 176 valence electrons. The second kappa shape index (κ2) is 7.93. The molecule has 2 aliphatic heterocycles. The average molecular weight is 465 g/mol. The molecule has 3 aromatic heterocycles. The number of anilines is 1. The van der Waals surface area contributed by atoms with Gasteiger partial charge in [0.05, 0.1) is 17.6 Å². The fourth-order valence-corrected chi connectivity index (χ4v) is 5.23. The summed E-state index contributed by atoms with van der Waals surface area (Å²) < 4.78 is 17.1. The lowest BCUT2D eigenvalue weighted by Gasteiger charge is -2.33. The number of H-pyrrole nitrogens is 1. The minimum absolute atomic E-state index is 0.0851. The number of amides is 1. The summed E-state index contributed by atoms with van der Waals surface area (Å²) in [6, 6.07) is 7.81.